The van der Waals surface area contributed by atoms with Crippen LogP contribution in [0.15, 0.2) is 53.5 Å². The average Bonchev–Trinajstić information content (AvgIpc) is 2.78. The Balaban J connectivity index is 1.61. The molecule has 2 aromatic carbocycles. The van der Waals surface area contributed by atoms with E-state index in [1.165, 1.54) is 13.1 Å². The van der Waals surface area contributed by atoms with Gasteiger partial charge >= 0.3 is 0 Å². The van der Waals surface area contributed by atoms with Crippen molar-refractivity contribution in [3.8, 4) is 0 Å². The van der Waals surface area contributed by atoms with Crippen LogP contribution in [-0.2, 0) is 22.3 Å². The van der Waals surface area contributed by atoms with E-state index in [-0.39, 0.29) is 11.6 Å². The quantitative estimate of drug-likeness (QED) is 0.503. The molecule has 0 aromatic heterocycles. The molecule has 0 unspecified atom stereocenters. The maximum atomic E-state index is 14.1. The summed E-state index contributed by atoms with van der Waals surface area (Å²) >= 11 is 0. The van der Waals surface area contributed by atoms with Crippen LogP contribution in [0.2, 0.25) is 0 Å². The van der Waals surface area contributed by atoms with E-state index in [9.17, 15) is 12.8 Å². The molecule has 7 nitrogen and oxygen atoms in total. The standard InChI is InChI=1S/C22H30FN5O2S/c1-3-25-22(26-16-18-8-10-19(11-9-18)17-31(29,30)24-2)28-14-12-27(13-15-28)21-7-5-4-6-20(21)23/h4-11,24H,3,12-17H2,1-2H3,(H,25,26). The van der Waals surface area contributed by atoms with Crippen LogP contribution >= 0.6 is 0 Å². The highest BCUT2D eigenvalue weighted by Gasteiger charge is 2.21. The van der Waals surface area contributed by atoms with Gasteiger partial charge in [0.05, 0.1) is 18.0 Å². The van der Waals surface area contributed by atoms with E-state index >= 15 is 0 Å². The number of piperazine rings is 1. The molecule has 1 saturated heterocycles. The maximum absolute atomic E-state index is 14.1. The first-order valence-electron chi connectivity index (χ1n) is 10.4. The number of sulfonamides is 1. The fourth-order valence-electron chi connectivity index (χ4n) is 3.49. The Morgan fingerprint density at radius 1 is 1.03 bits per heavy atom. The third-order valence-corrected chi connectivity index (χ3v) is 6.54. The Hall–Kier alpha value is -2.65. The van der Waals surface area contributed by atoms with E-state index in [1.54, 1.807) is 6.07 Å². The molecule has 0 spiro atoms. The second-order valence-electron chi connectivity index (χ2n) is 7.38. The number of halogens is 1. The fraction of sp³-hybridized carbons (Fsp3) is 0.409. The van der Waals surface area contributed by atoms with Crippen LogP contribution in [0.5, 0.6) is 0 Å². The Labute approximate surface area is 184 Å². The zero-order valence-electron chi connectivity index (χ0n) is 18.0. The lowest BCUT2D eigenvalue weighted by Crippen LogP contribution is -2.52. The number of aliphatic imine (C=N–C) groups is 1. The summed E-state index contributed by atoms with van der Waals surface area (Å²) < 4.78 is 39.7. The highest BCUT2D eigenvalue weighted by molar-refractivity contribution is 7.88. The smallest absolute Gasteiger partial charge is 0.215 e. The minimum atomic E-state index is -3.28. The Bertz CT molecular complexity index is 987. The highest BCUT2D eigenvalue weighted by atomic mass is 32.2. The van der Waals surface area contributed by atoms with E-state index in [4.69, 9.17) is 4.99 Å². The van der Waals surface area contributed by atoms with E-state index in [0.717, 1.165) is 49.8 Å². The van der Waals surface area contributed by atoms with Crippen LogP contribution in [0.1, 0.15) is 18.1 Å². The normalized spacial score (nSPS) is 15.3. The number of guanidine groups is 1. The molecular formula is C22H30FN5O2S. The van der Waals surface area contributed by atoms with Crippen molar-refractivity contribution >= 4 is 21.7 Å². The summed E-state index contributed by atoms with van der Waals surface area (Å²) in [5, 5.41) is 3.33. The number of nitrogens with zero attached hydrogens (tertiary/aromatic N) is 3. The molecule has 0 atom stereocenters. The molecule has 1 aliphatic rings. The van der Waals surface area contributed by atoms with Gasteiger partial charge in [0.1, 0.15) is 5.82 Å². The molecule has 0 aliphatic carbocycles. The SMILES string of the molecule is CCNC(=NCc1ccc(CS(=O)(=O)NC)cc1)N1CCN(c2ccccc2F)CC1. The van der Waals surface area contributed by atoms with Gasteiger partial charge in [-0.2, -0.15) is 0 Å². The first-order chi connectivity index (χ1) is 14.9. The molecule has 2 N–H and O–H groups in total. The largest absolute Gasteiger partial charge is 0.366 e. The molecule has 0 bridgehead atoms. The van der Waals surface area contributed by atoms with Gasteiger partial charge < -0.3 is 15.1 Å². The van der Waals surface area contributed by atoms with Gasteiger partial charge in [0.25, 0.3) is 0 Å². The van der Waals surface area contributed by atoms with Crippen molar-refractivity contribution in [2.75, 3.05) is 44.7 Å². The number of benzene rings is 2. The minimum absolute atomic E-state index is 0.0397. The number of rotatable bonds is 7. The summed E-state index contributed by atoms with van der Waals surface area (Å²) in [7, 11) is -1.87. The Morgan fingerprint density at radius 3 is 2.29 bits per heavy atom. The number of nitrogens with one attached hydrogen (secondary N) is 2. The van der Waals surface area contributed by atoms with Gasteiger partial charge in [-0.05, 0) is 37.2 Å². The first kappa shape index (κ1) is 23.0. The molecule has 1 heterocycles. The van der Waals surface area contributed by atoms with E-state index in [1.807, 2.05) is 43.3 Å². The lowest BCUT2D eigenvalue weighted by atomic mass is 10.1. The number of hydrogen-bond donors (Lipinski definition) is 2. The zero-order chi connectivity index (χ0) is 22.3. The minimum Gasteiger partial charge on any atom is -0.366 e. The second-order valence-corrected chi connectivity index (χ2v) is 9.30. The van der Waals surface area contributed by atoms with Crippen LogP contribution in [0.3, 0.4) is 0 Å². The maximum Gasteiger partial charge on any atom is 0.215 e. The van der Waals surface area contributed by atoms with Crippen LogP contribution in [-0.4, -0.2) is 59.0 Å². The van der Waals surface area contributed by atoms with E-state index in [2.05, 4.69) is 19.8 Å². The van der Waals surface area contributed by atoms with Crippen molar-refractivity contribution in [3.63, 3.8) is 0 Å². The van der Waals surface area contributed by atoms with Crippen molar-refractivity contribution in [1.29, 1.82) is 0 Å². The van der Waals surface area contributed by atoms with Gasteiger partial charge in [-0.25, -0.2) is 22.5 Å². The van der Waals surface area contributed by atoms with Gasteiger partial charge in [0, 0.05) is 32.7 Å². The monoisotopic (exact) mass is 447 g/mol. The fourth-order valence-corrected chi connectivity index (χ4v) is 4.27. The van der Waals surface area contributed by atoms with Crippen molar-refractivity contribution in [3.05, 3.63) is 65.5 Å². The predicted molar refractivity (Wildman–Crippen MR) is 123 cm³/mol. The van der Waals surface area contributed by atoms with E-state index < -0.39 is 10.0 Å². The predicted octanol–water partition coefficient (Wildman–Crippen LogP) is 2.16. The Morgan fingerprint density at radius 2 is 1.68 bits per heavy atom. The molecule has 168 valence electrons. The summed E-state index contributed by atoms with van der Waals surface area (Å²) in [5.41, 5.74) is 2.38. The summed E-state index contributed by atoms with van der Waals surface area (Å²) in [5.74, 6) is 0.599. The Kier molecular flexibility index (Phi) is 7.86. The summed E-state index contributed by atoms with van der Waals surface area (Å²) in [4.78, 5) is 9.00. The summed E-state index contributed by atoms with van der Waals surface area (Å²) in [6.45, 7) is 6.23. The molecule has 1 fully saturated rings. The number of para-hydroxylation sites is 1. The first-order valence-corrected chi connectivity index (χ1v) is 12.1. The van der Waals surface area contributed by atoms with Crippen LogP contribution in [0.4, 0.5) is 10.1 Å². The van der Waals surface area contributed by atoms with Crippen LogP contribution in [0, 0.1) is 5.82 Å². The topological polar surface area (TPSA) is 77.0 Å². The highest BCUT2D eigenvalue weighted by Crippen LogP contribution is 2.20. The second kappa shape index (κ2) is 10.6. The van der Waals surface area contributed by atoms with Crippen LogP contribution < -0.4 is 14.9 Å². The third kappa shape index (κ3) is 6.41. The lowest BCUT2D eigenvalue weighted by molar-refractivity contribution is 0.370. The summed E-state index contributed by atoms with van der Waals surface area (Å²) in [6.07, 6.45) is 0. The molecule has 0 saturated carbocycles. The van der Waals surface area contributed by atoms with Gasteiger partial charge in [0.15, 0.2) is 5.96 Å². The van der Waals surface area contributed by atoms with Gasteiger partial charge in [-0.3, -0.25) is 0 Å². The molecule has 0 radical (unpaired) electrons. The summed E-state index contributed by atoms with van der Waals surface area (Å²) in [6, 6.07) is 14.3. The average molecular weight is 448 g/mol. The van der Waals surface area contributed by atoms with Crippen LogP contribution in [0.25, 0.3) is 0 Å². The molecule has 1 aliphatic heterocycles. The number of anilines is 1. The molecule has 9 heteroatoms. The number of hydrogen-bond acceptors (Lipinski definition) is 4. The van der Waals surface area contributed by atoms with E-state index in [0.29, 0.717) is 12.2 Å². The zero-order valence-corrected chi connectivity index (χ0v) is 18.8. The van der Waals surface area contributed by atoms with Crippen molar-refractivity contribution in [1.82, 2.24) is 14.9 Å². The van der Waals surface area contributed by atoms with Crippen molar-refractivity contribution in [2.45, 2.75) is 19.2 Å². The van der Waals surface area contributed by atoms with Gasteiger partial charge in [0.2, 0.25) is 10.0 Å². The van der Waals surface area contributed by atoms with Gasteiger partial charge in [-0.1, -0.05) is 36.4 Å². The van der Waals surface area contributed by atoms with Crippen molar-refractivity contribution < 1.29 is 12.8 Å². The molecular weight excluding hydrogens is 417 g/mol. The lowest BCUT2D eigenvalue weighted by Gasteiger charge is -2.37. The molecule has 3 rings (SSSR count). The molecule has 31 heavy (non-hydrogen) atoms. The van der Waals surface area contributed by atoms with Gasteiger partial charge in [-0.15, -0.1) is 0 Å². The molecule has 2 aromatic rings. The third-order valence-electron chi connectivity index (χ3n) is 5.21. The van der Waals surface area contributed by atoms with Crippen molar-refractivity contribution in [2.24, 2.45) is 4.99 Å². The molecule has 0 amide bonds.